The van der Waals surface area contributed by atoms with Gasteiger partial charge >= 0.3 is 6.03 Å². The molecule has 30 heavy (non-hydrogen) atoms. The summed E-state index contributed by atoms with van der Waals surface area (Å²) in [5.74, 6) is -4.31. The van der Waals surface area contributed by atoms with E-state index >= 15 is 0 Å². The summed E-state index contributed by atoms with van der Waals surface area (Å²) in [7, 11) is 0. The zero-order chi connectivity index (χ0) is 21.9. The topological polar surface area (TPSA) is 35.6 Å². The van der Waals surface area contributed by atoms with E-state index in [4.69, 9.17) is 0 Å². The number of nitrogens with zero attached hydrogens (tertiary/aromatic N) is 2. The van der Waals surface area contributed by atoms with E-state index in [1.54, 1.807) is 4.90 Å². The fraction of sp³-hybridized carbons (Fsp3) is 0.435. The number of hydrogen-bond donors (Lipinski definition) is 1. The highest BCUT2D eigenvalue weighted by molar-refractivity contribution is 5.89. The van der Waals surface area contributed by atoms with Crippen LogP contribution in [0, 0.1) is 12.7 Å². The molecule has 1 N–H and O–H groups in total. The van der Waals surface area contributed by atoms with Crippen LogP contribution in [0.2, 0.25) is 0 Å². The number of hydrogen-bond acceptors (Lipinski definition) is 2. The molecule has 1 unspecified atom stereocenters. The van der Waals surface area contributed by atoms with Gasteiger partial charge < -0.3 is 10.2 Å². The smallest absolute Gasteiger partial charge is 0.320 e. The predicted octanol–water partition coefficient (Wildman–Crippen LogP) is 5.37. The zero-order valence-corrected chi connectivity index (χ0v) is 17.6. The number of aryl methyl sites for hydroxylation is 1. The molecule has 0 saturated carbocycles. The van der Waals surface area contributed by atoms with Crippen molar-refractivity contribution in [3.8, 4) is 0 Å². The SMILES string of the molecule is CCN(C(=O)Nc1ccc(F)c(C(C)(F)F)c1)C1CCN(Cc2ccc(C)cc2)C1. The van der Waals surface area contributed by atoms with Crippen LogP contribution >= 0.6 is 0 Å². The molecule has 0 aromatic heterocycles. The van der Waals surface area contributed by atoms with Crippen molar-refractivity contribution in [2.45, 2.75) is 45.7 Å². The summed E-state index contributed by atoms with van der Waals surface area (Å²) in [4.78, 5) is 16.8. The normalized spacial score (nSPS) is 17.2. The summed E-state index contributed by atoms with van der Waals surface area (Å²) in [5.41, 5.74) is 1.88. The molecule has 0 bridgehead atoms. The number of urea groups is 1. The molecule has 0 spiro atoms. The van der Waals surface area contributed by atoms with Crippen molar-refractivity contribution in [1.29, 1.82) is 0 Å². The molecule has 162 valence electrons. The van der Waals surface area contributed by atoms with Crippen LogP contribution < -0.4 is 5.32 Å². The van der Waals surface area contributed by atoms with E-state index in [0.717, 1.165) is 38.2 Å². The van der Waals surface area contributed by atoms with Crippen LogP contribution in [-0.2, 0) is 12.5 Å². The summed E-state index contributed by atoms with van der Waals surface area (Å²) in [6.45, 7) is 7.52. The Kier molecular flexibility index (Phi) is 6.71. The molecular formula is C23H28F3N3O. The van der Waals surface area contributed by atoms with Crippen molar-refractivity contribution in [3.05, 3.63) is 65.0 Å². The lowest BCUT2D eigenvalue weighted by Gasteiger charge is -2.28. The van der Waals surface area contributed by atoms with Crippen molar-refractivity contribution in [2.24, 2.45) is 0 Å². The molecule has 3 rings (SSSR count). The van der Waals surface area contributed by atoms with Gasteiger partial charge in [-0.25, -0.2) is 18.0 Å². The number of carbonyl (C=O) groups is 1. The molecule has 2 aromatic carbocycles. The number of likely N-dealkylation sites (tertiary alicyclic amines) is 1. The fourth-order valence-corrected chi connectivity index (χ4v) is 3.86. The van der Waals surface area contributed by atoms with Crippen LogP contribution in [0.5, 0.6) is 0 Å². The molecule has 2 amide bonds. The maximum Gasteiger partial charge on any atom is 0.322 e. The van der Waals surface area contributed by atoms with Gasteiger partial charge in [-0.05, 0) is 44.0 Å². The molecular weight excluding hydrogens is 391 g/mol. The lowest BCUT2D eigenvalue weighted by atomic mass is 10.1. The number of amides is 2. The third-order valence-corrected chi connectivity index (χ3v) is 5.51. The number of likely N-dealkylation sites (N-methyl/N-ethyl adjacent to an activating group) is 1. The van der Waals surface area contributed by atoms with Crippen LogP contribution in [0.15, 0.2) is 42.5 Å². The highest BCUT2D eigenvalue weighted by Crippen LogP contribution is 2.31. The molecule has 1 heterocycles. The first-order valence-corrected chi connectivity index (χ1v) is 10.2. The maximum atomic E-state index is 13.7. The van der Waals surface area contributed by atoms with Gasteiger partial charge in [0.1, 0.15) is 5.82 Å². The molecule has 1 aliphatic rings. The van der Waals surface area contributed by atoms with Gasteiger partial charge in [0, 0.05) is 44.8 Å². The quantitative estimate of drug-likeness (QED) is 0.683. The first kappa shape index (κ1) is 22.2. The van der Waals surface area contributed by atoms with Crippen molar-refractivity contribution >= 4 is 11.7 Å². The number of nitrogens with one attached hydrogen (secondary N) is 1. The van der Waals surface area contributed by atoms with E-state index in [-0.39, 0.29) is 17.8 Å². The Morgan fingerprint density at radius 3 is 2.57 bits per heavy atom. The van der Waals surface area contributed by atoms with Gasteiger partial charge in [0.2, 0.25) is 0 Å². The van der Waals surface area contributed by atoms with Gasteiger partial charge in [-0.1, -0.05) is 29.8 Å². The summed E-state index contributed by atoms with van der Waals surface area (Å²) >= 11 is 0. The average molecular weight is 419 g/mol. The minimum atomic E-state index is -3.32. The first-order valence-electron chi connectivity index (χ1n) is 10.2. The second kappa shape index (κ2) is 9.08. The molecule has 1 fully saturated rings. The zero-order valence-electron chi connectivity index (χ0n) is 17.6. The Bertz CT molecular complexity index is 880. The van der Waals surface area contributed by atoms with Gasteiger partial charge in [-0.3, -0.25) is 4.90 Å². The van der Waals surface area contributed by atoms with Crippen molar-refractivity contribution < 1.29 is 18.0 Å². The minimum absolute atomic E-state index is 0.0352. The Labute approximate surface area is 175 Å². The molecule has 7 heteroatoms. The number of halogens is 3. The summed E-state index contributed by atoms with van der Waals surface area (Å²) in [5, 5.41) is 2.65. The standard InChI is InChI=1S/C23H28F3N3O/c1-4-29(19-11-12-28(15-19)14-17-7-5-16(2)6-8-17)22(30)27-18-9-10-21(24)20(13-18)23(3,25)26/h5-10,13,19H,4,11-12,14-15H2,1-3H3,(H,27,30). The van der Waals surface area contributed by atoms with Gasteiger partial charge in [0.05, 0.1) is 5.56 Å². The number of carbonyl (C=O) groups excluding carboxylic acids is 1. The van der Waals surface area contributed by atoms with E-state index < -0.39 is 17.3 Å². The molecule has 4 nitrogen and oxygen atoms in total. The van der Waals surface area contributed by atoms with Crippen molar-refractivity contribution in [3.63, 3.8) is 0 Å². The van der Waals surface area contributed by atoms with Gasteiger partial charge in [-0.2, -0.15) is 0 Å². The Morgan fingerprint density at radius 1 is 1.23 bits per heavy atom. The van der Waals surface area contributed by atoms with Crippen molar-refractivity contribution in [1.82, 2.24) is 9.80 Å². The van der Waals surface area contributed by atoms with Crippen molar-refractivity contribution in [2.75, 3.05) is 25.0 Å². The number of anilines is 1. The summed E-state index contributed by atoms with van der Waals surface area (Å²) < 4.78 is 40.9. The summed E-state index contributed by atoms with van der Waals surface area (Å²) in [6, 6.07) is 11.3. The van der Waals surface area contributed by atoms with Crippen LogP contribution in [0.25, 0.3) is 0 Å². The summed E-state index contributed by atoms with van der Waals surface area (Å²) in [6.07, 6.45) is 0.842. The van der Waals surface area contributed by atoms with Gasteiger partial charge in [0.25, 0.3) is 5.92 Å². The van der Waals surface area contributed by atoms with E-state index in [1.165, 1.54) is 17.2 Å². The van der Waals surface area contributed by atoms with Gasteiger partial charge in [0.15, 0.2) is 0 Å². The van der Waals surface area contributed by atoms with E-state index in [2.05, 4.69) is 41.4 Å². The molecule has 1 atom stereocenters. The lowest BCUT2D eigenvalue weighted by molar-refractivity contribution is 0.0138. The number of alkyl halides is 2. The predicted molar refractivity (Wildman–Crippen MR) is 112 cm³/mol. The highest BCUT2D eigenvalue weighted by atomic mass is 19.3. The van der Waals surface area contributed by atoms with E-state index in [0.29, 0.717) is 13.5 Å². The largest absolute Gasteiger partial charge is 0.322 e. The van der Waals surface area contributed by atoms with Crippen LogP contribution in [-0.4, -0.2) is 41.5 Å². The number of rotatable bonds is 6. The van der Waals surface area contributed by atoms with E-state index in [9.17, 15) is 18.0 Å². The lowest BCUT2D eigenvalue weighted by Crippen LogP contribution is -2.44. The Morgan fingerprint density at radius 2 is 1.93 bits per heavy atom. The third-order valence-electron chi connectivity index (χ3n) is 5.51. The monoisotopic (exact) mass is 419 g/mol. The molecule has 0 aliphatic carbocycles. The second-order valence-corrected chi connectivity index (χ2v) is 7.96. The molecule has 1 saturated heterocycles. The minimum Gasteiger partial charge on any atom is -0.320 e. The van der Waals surface area contributed by atoms with Crippen LogP contribution in [0.4, 0.5) is 23.7 Å². The third kappa shape index (κ3) is 5.33. The molecule has 0 radical (unpaired) electrons. The first-order chi connectivity index (χ1) is 14.2. The van der Waals surface area contributed by atoms with Crippen LogP contribution in [0.1, 0.15) is 37.0 Å². The average Bonchev–Trinajstić information content (AvgIpc) is 3.13. The molecule has 2 aromatic rings. The Balaban J connectivity index is 1.63. The Hall–Kier alpha value is -2.54. The molecule has 1 aliphatic heterocycles. The van der Waals surface area contributed by atoms with Gasteiger partial charge in [-0.15, -0.1) is 0 Å². The van der Waals surface area contributed by atoms with Crippen LogP contribution in [0.3, 0.4) is 0 Å². The van der Waals surface area contributed by atoms with E-state index in [1.807, 2.05) is 6.92 Å². The maximum absolute atomic E-state index is 13.7. The second-order valence-electron chi connectivity index (χ2n) is 7.96. The highest BCUT2D eigenvalue weighted by Gasteiger charge is 2.31. The number of benzene rings is 2. The fourth-order valence-electron chi connectivity index (χ4n) is 3.86.